The van der Waals surface area contributed by atoms with Gasteiger partial charge in [0.15, 0.2) is 0 Å². The third kappa shape index (κ3) is 4.68. The van der Waals surface area contributed by atoms with E-state index in [0.29, 0.717) is 18.1 Å². The van der Waals surface area contributed by atoms with Crippen molar-refractivity contribution in [1.29, 1.82) is 0 Å². The molecule has 6 nitrogen and oxygen atoms in total. The van der Waals surface area contributed by atoms with Crippen LogP contribution in [0.25, 0.3) is 0 Å². The summed E-state index contributed by atoms with van der Waals surface area (Å²) in [6.45, 7) is 2.86. The quantitative estimate of drug-likeness (QED) is 0.594. The number of ether oxygens (including phenoxy) is 1. The average molecular weight is 358 g/mol. The molecule has 1 aliphatic rings. The maximum Gasteiger partial charge on any atom is 0.318 e. The van der Waals surface area contributed by atoms with E-state index in [9.17, 15) is 13.2 Å². The Bertz CT molecular complexity index is 623. The summed E-state index contributed by atoms with van der Waals surface area (Å²) >= 11 is 1.24. The maximum atomic E-state index is 12.6. The van der Waals surface area contributed by atoms with Gasteiger partial charge in [0, 0.05) is 19.3 Å². The van der Waals surface area contributed by atoms with E-state index in [1.54, 1.807) is 23.4 Å². The molecule has 0 saturated carbocycles. The Kier molecular flexibility index (Phi) is 6.43. The number of aromatic nitrogens is 1. The molecule has 0 spiro atoms. The Labute approximate surface area is 141 Å². The van der Waals surface area contributed by atoms with Crippen LogP contribution in [0.4, 0.5) is 0 Å². The highest BCUT2D eigenvalue weighted by molar-refractivity contribution is 8.00. The second-order valence-corrected chi connectivity index (χ2v) is 8.73. The number of sulfonamides is 1. The standard InChI is InChI=1S/C15H22N2O4S2/c1-12(15(18)21-2)22-14-8-7-13(11-16-14)23(19,20)17-9-5-3-4-6-10-17/h7-8,11-12H,3-6,9-10H2,1-2H3/t12-/m0/s1. The zero-order valence-corrected chi connectivity index (χ0v) is 15.0. The molecule has 1 atom stereocenters. The number of hydrogen-bond acceptors (Lipinski definition) is 6. The predicted molar refractivity (Wildman–Crippen MR) is 88.8 cm³/mol. The van der Waals surface area contributed by atoms with Crippen molar-refractivity contribution in [2.75, 3.05) is 20.2 Å². The number of rotatable bonds is 5. The lowest BCUT2D eigenvalue weighted by atomic mass is 10.2. The van der Waals surface area contributed by atoms with E-state index < -0.39 is 10.0 Å². The molecule has 1 fully saturated rings. The topological polar surface area (TPSA) is 76.6 Å². The smallest absolute Gasteiger partial charge is 0.318 e. The highest BCUT2D eigenvalue weighted by Gasteiger charge is 2.25. The maximum absolute atomic E-state index is 12.6. The normalized spacial score (nSPS) is 18.2. The average Bonchev–Trinajstić information content (AvgIpc) is 2.84. The number of carbonyl (C=O) groups excluding carboxylic acids is 1. The molecule has 1 aromatic heterocycles. The van der Waals surface area contributed by atoms with Gasteiger partial charge in [-0.05, 0) is 31.9 Å². The summed E-state index contributed by atoms with van der Waals surface area (Å²) in [7, 11) is -2.14. The lowest BCUT2D eigenvalue weighted by Gasteiger charge is -2.19. The fourth-order valence-electron chi connectivity index (χ4n) is 2.42. The Morgan fingerprint density at radius 1 is 1.26 bits per heavy atom. The molecular formula is C15H22N2O4S2. The van der Waals surface area contributed by atoms with Gasteiger partial charge in [-0.2, -0.15) is 4.31 Å². The molecule has 8 heteroatoms. The molecule has 23 heavy (non-hydrogen) atoms. The number of pyridine rings is 1. The first-order chi connectivity index (χ1) is 10.9. The van der Waals surface area contributed by atoms with Crippen LogP contribution < -0.4 is 0 Å². The zero-order valence-electron chi connectivity index (χ0n) is 13.4. The Balaban J connectivity index is 2.10. The first kappa shape index (κ1) is 18.2. The van der Waals surface area contributed by atoms with Gasteiger partial charge in [0.1, 0.15) is 10.1 Å². The number of methoxy groups -OCH3 is 1. The van der Waals surface area contributed by atoms with Crippen molar-refractivity contribution in [2.24, 2.45) is 0 Å². The van der Waals surface area contributed by atoms with E-state index in [1.807, 2.05) is 0 Å². The molecule has 2 heterocycles. The molecule has 0 unspecified atom stereocenters. The van der Waals surface area contributed by atoms with Gasteiger partial charge in [0.25, 0.3) is 0 Å². The number of thioether (sulfide) groups is 1. The molecule has 0 aliphatic carbocycles. The third-order valence-electron chi connectivity index (χ3n) is 3.74. The Morgan fingerprint density at radius 3 is 2.43 bits per heavy atom. The van der Waals surface area contributed by atoms with Crippen LogP contribution in [0, 0.1) is 0 Å². The van der Waals surface area contributed by atoms with E-state index >= 15 is 0 Å². The van der Waals surface area contributed by atoms with Crippen LogP contribution in [0.2, 0.25) is 0 Å². The van der Waals surface area contributed by atoms with Gasteiger partial charge < -0.3 is 4.74 Å². The van der Waals surface area contributed by atoms with E-state index in [0.717, 1.165) is 25.7 Å². The van der Waals surface area contributed by atoms with Crippen molar-refractivity contribution < 1.29 is 17.9 Å². The molecule has 0 aromatic carbocycles. The van der Waals surface area contributed by atoms with E-state index in [4.69, 9.17) is 0 Å². The Hall–Kier alpha value is -1.12. The van der Waals surface area contributed by atoms with Gasteiger partial charge in [0.05, 0.1) is 12.1 Å². The number of hydrogen-bond donors (Lipinski definition) is 0. The molecular weight excluding hydrogens is 336 g/mol. The van der Waals surface area contributed by atoms with Gasteiger partial charge >= 0.3 is 5.97 Å². The summed E-state index contributed by atoms with van der Waals surface area (Å²) < 4.78 is 31.5. The molecule has 128 valence electrons. The lowest BCUT2D eigenvalue weighted by Crippen LogP contribution is -2.32. The summed E-state index contributed by atoms with van der Waals surface area (Å²) in [4.78, 5) is 15.8. The molecule has 1 aliphatic heterocycles. The molecule has 1 aromatic rings. The summed E-state index contributed by atoms with van der Waals surface area (Å²) in [5.74, 6) is -0.335. The number of carbonyl (C=O) groups is 1. The summed E-state index contributed by atoms with van der Waals surface area (Å²) in [6, 6.07) is 3.19. The minimum atomic E-state index is -3.48. The van der Waals surface area contributed by atoms with E-state index in [1.165, 1.54) is 25.1 Å². The van der Waals surface area contributed by atoms with E-state index in [-0.39, 0.29) is 16.1 Å². The fourth-order valence-corrected chi connectivity index (χ4v) is 4.69. The van der Waals surface area contributed by atoms with Gasteiger partial charge in [0.2, 0.25) is 10.0 Å². The molecule has 0 radical (unpaired) electrons. The van der Waals surface area contributed by atoms with Crippen molar-refractivity contribution in [1.82, 2.24) is 9.29 Å². The van der Waals surface area contributed by atoms with Crippen LogP contribution in [-0.4, -0.2) is 49.1 Å². The third-order valence-corrected chi connectivity index (χ3v) is 6.65. The van der Waals surface area contributed by atoms with Crippen LogP contribution in [-0.2, 0) is 19.6 Å². The van der Waals surface area contributed by atoms with Crippen LogP contribution in [0.15, 0.2) is 28.3 Å². The molecule has 2 rings (SSSR count). The SMILES string of the molecule is COC(=O)[C@H](C)Sc1ccc(S(=O)(=O)N2CCCCCC2)cn1. The van der Waals surface area contributed by atoms with Crippen molar-refractivity contribution in [3.8, 4) is 0 Å². The monoisotopic (exact) mass is 358 g/mol. The number of nitrogens with zero attached hydrogens (tertiary/aromatic N) is 2. The van der Waals surface area contributed by atoms with Crippen LogP contribution in [0.5, 0.6) is 0 Å². The molecule has 0 N–H and O–H groups in total. The highest BCUT2D eigenvalue weighted by atomic mass is 32.2. The summed E-state index contributed by atoms with van der Waals surface area (Å²) in [5.41, 5.74) is 0. The molecule has 0 amide bonds. The molecule has 1 saturated heterocycles. The van der Waals surface area contributed by atoms with Gasteiger partial charge in [-0.25, -0.2) is 13.4 Å². The number of esters is 1. The van der Waals surface area contributed by atoms with Gasteiger partial charge in [-0.15, -0.1) is 0 Å². The largest absolute Gasteiger partial charge is 0.468 e. The fraction of sp³-hybridized carbons (Fsp3) is 0.600. The summed E-state index contributed by atoms with van der Waals surface area (Å²) in [6.07, 6.45) is 5.32. The first-order valence-corrected chi connectivity index (χ1v) is 9.98. The second-order valence-electron chi connectivity index (χ2n) is 5.43. The zero-order chi connectivity index (χ0) is 16.9. The summed E-state index contributed by atoms with van der Waals surface area (Å²) in [5, 5.41) is 0.207. The Morgan fingerprint density at radius 2 is 1.91 bits per heavy atom. The van der Waals surface area contributed by atoms with Gasteiger partial charge in [-0.3, -0.25) is 4.79 Å². The minimum Gasteiger partial charge on any atom is -0.468 e. The minimum absolute atomic E-state index is 0.203. The van der Waals surface area contributed by atoms with Crippen LogP contribution in [0.3, 0.4) is 0 Å². The van der Waals surface area contributed by atoms with Crippen molar-refractivity contribution in [3.05, 3.63) is 18.3 Å². The van der Waals surface area contributed by atoms with Crippen LogP contribution in [0.1, 0.15) is 32.6 Å². The second kappa shape index (κ2) is 8.12. The van der Waals surface area contributed by atoms with Crippen molar-refractivity contribution in [2.45, 2.75) is 47.8 Å². The molecule has 0 bridgehead atoms. The lowest BCUT2D eigenvalue weighted by molar-refractivity contribution is -0.139. The van der Waals surface area contributed by atoms with E-state index in [2.05, 4.69) is 9.72 Å². The predicted octanol–water partition coefficient (Wildman–Crippen LogP) is 2.30. The highest BCUT2D eigenvalue weighted by Crippen LogP contribution is 2.24. The van der Waals surface area contributed by atoms with Crippen molar-refractivity contribution in [3.63, 3.8) is 0 Å². The first-order valence-electron chi connectivity index (χ1n) is 7.66. The van der Waals surface area contributed by atoms with Crippen molar-refractivity contribution >= 4 is 27.8 Å². The van der Waals surface area contributed by atoms with Gasteiger partial charge in [-0.1, -0.05) is 24.6 Å². The van der Waals surface area contributed by atoms with Crippen LogP contribution >= 0.6 is 11.8 Å².